The maximum absolute atomic E-state index is 12.1. The molecule has 4 unspecified atom stereocenters. The first-order valence-electron chi connectivity index (χ1n) is 12.7. The summed E-state index contributed by atoms with van der Waals surface area (Å²) in [6.07, 6.45) is 0.630. The normalized spacial score (nSPS) is 20.8. The van der Waals surface area contributed by atoms with Gasteiger partial charge in [-0.2, -0.15) is 0 Å². The fourth-order valence-electron chi connectivity index (χ4n) is 4.13. The second kappa shape index (κ2) is 13.6. The van der Waals surface area contributed by atoms with Gasteiger partial charge in [-0.05, 0) is 30.2 Å². The van der Waals surface area contributed by atoms with E-state index in [9.17, 15) is 14.7 Å². The number of nitrogens with zero attached hydrogens (tertiary/aromatic N) is 3. The summed E-state index contributed by atoms with van der Waals surface area (Å²) in [6.45, 7) is 3.82. The number of benzene rings is 2. The van der Waals surface area contributed by atoms with E-state index in [0.717, 1.165) is 21.8 Å². The maximum atomic E-state index is 12.1. The lowest BCUT2D eigenvalue weighted by Gasteiger charge is -2.41. The van der Waals surface area contributed by atoms with Gasteiger partial charge < -0.3 is 34.5 Å². The van der Waals surface area contributed by atoms with Crippen molar-refractivity contribution in [1.82, 2.24) is 20.1 Å². The lowest BCUT2D eigenvalue weighted by Crippen LogP contribution is -2.38. The number of hydrogen-bond acceptors (Lipinski definition) is 9. The highest BCUT2D eigenvalue weighted by Gasteiger charge is 2.38. The molecule has 12 heteroatoms. The molecule has 1 fully saturated rings. The summed E-state index contributed by atoms with van der Waals surface area (Å²) in [6, 6.07) is 14.4. The maximum Gasteiger partial charge on any atom is 0.325 e. The average molecular weight is 556 g/mol. The molecule has 2 aromatic carbocycles. The minimum atomic E-state index is -0.638. The number of ether oxygens (including phenoxy) is 3. The molecule has 3 N–H and O–H groups in total. The van der Waals surface area contributed by atoms with Gasteiger partial charge in [0.2, 0.25) is 0 Å². The van der Waals surface area contributed by atoms with Crippen molar-refractivity contribution in [3.05, 3.63) is 71.5 Å². The van der Waals surface area contributed by atoms with Crippen molar-refractivity contribution in [3.63, 3.8) is 0 Å². The Morgan fingerprint density at radius 2 is 1.82 bits per heavy atom. The van der Waals surface area contributed by atoms with Crippen molar-refractivity contribution < 1.29 is 28.9 Å². The number of aliphatic hydroxyl groups excluding tert-OH is 1. The zero-order valence-corrected chi connectivity index (χ0v) is 22.9. The Morgan fingerprint density at radius 1 is 1.10 bits per heavy atom. The first-order chi connectivity index (χ1) is 18.9. The number of esters is 1. The molecule has 4 rings (SSSR count). The van der Waals surface area contributed by atoms with Gasteiger partial charge in [-0.1, -0.05) is 55.1 Å². The van der Waals surface area contributed by atoms with E-state index in [-0.39, 0.29) is 37.9 Å². The molecule has 3 aromatic rings. The highest BCUT2D eigenvalue weighted by atomic mass is 32.2. The smallest absolute Gasteiger partial charge is 0.325 e. The first kappa shape index (κ1) is 28.6. The molecule has 208 valence electrons. The quantitative estimate of drug-likeness (QED) is 0.253. The van der Waals surface area contributed by atoms with Gasteiger partial charge in [-0.3, -0.25) is 4.79 Å². The number of aromatic nitrogens is 3. The van der Waals surface area contributed by atoms with Gasteiger partial charge in [-0.15, -0.1) is 10.2 Å². The molecule has 0 radical (unpaired) electrons. The van der Waals surface area contributed by atoms with E-state index >= 15 is 0 Å². The second-order valence-corrected chi connectivity index (χ2v) is 10.1. The molecule has 1 aliphatic rings. The summed E-state index contributed by atoms with van der Waals surface area (Å²) >= 11 is 1.57. The van der Waals surface area contributed by atoms with Crippen molar-refractivity contribution in [2.24, 2.45) is 13.0 Å². The molecule has 1 saturated heterocycles. The number of hydrogen-bond donors (Lipinski definition) is 3. The molecule has 0 aliphatic carbocycles. The zero-order chi connectivity index (χ0) is 27.8. The molecule has 39 heavy (non-hydrogen) atoms. The van der Waals surface area contributed by atoms with Crippen molar-refractivity contribution in [2.75, 3.05) is 24.2 Å². The minimum absolute atomic E-state index is 0.0225. The second-order valence-electron chi connectivity index (χ2n) is 9.09. The Balaban J connectivity index is 1.47. The molecule has 2 heterocycles. The molecule has 2 amide bonds. The highest BCUT2D eigenvalue weighted by Crippen LogP contribution is 2.43. The standard InChI is InChI=1S/C27H33N5O6S/c1-4-36-23(34)13-28-26(35)30-21-11-9-20(10-12-21)25-37-22(15-39-27-31-29-16-32(27)3)17(2)24(38-25)19-7-5-18(14-33)6-8-19/h5-12,16-17,22,24-25,33H,4,13-15H2,1-3H3,(H2,28,30,35). The van der Waals surface area contributed by atoms with Crippen LogP contribution in [0.25, 0.3) is 0 Å². The lowest BCUT2D eigenvalue weighted by atomic mass is 9.91. The van der Waals surface area contributed by atoms with Crippen molar-refractivity contribution in [1.29, 1.82) is 0 Å². The number of aliphatic hydroxyl groups is 1. The highest BCUT2D eigenvalue weighted by molar-refractivity contribution is 7.99. The summed E-state index contributed by atoms with van der Waals surface area (Å²) in [7, 11) is 1.90. The van der Waals surface area contributed by atoms with Gasteiger partial charge in [0.1, 0.15) is 12.9 Å². The topological polar surface area (TPSA) is 137 Å². The Kier molecular flexibility index (Phi) is 9.93. The minimum Gasteiger partial charge on any atom is -0.465 e. The summed E-state index contributed by atoms with van der Waals surface area (Å²) in [5, 5.41) is 23.5. The van der Waals surface area contributed by atoms with Crippen LogP contribution in [0.3, 0.4) is 0 Å². The number of anilines is 1. The number of carbonyl (C=O) groups is 2. The van der Waals surface area contributed by atoms with E-state index in [1.54, 1.807) is 37.1 Å². The fourth-order valence-corrected chi connectivity index (χ4v) is 5.18. The van der Waals surface area contributed by atoms with Crippen LogP contribution in [0.4, 0.5) is 10.5 Å². The van der Waals surface area contributed by atoms with E-state index in [1.165, 1.54) is 0 Å². The number of thioether (sulfide) groups is 1. The molecular formula is C27H33N5O6S. The van der Waals surface area contributed by atoms with Crippen LogP contribution in [-0.4, -0.2) is 56.9 Å². The van der Waals surface area contributed by atoms with Crippen LogP contribution >= 0.6 is 11.8 Å². The van der Waals surface area contributed by atoms with Gasteiger partial charge in [0.15, 0.2) is 11.4 Å². The van der Waals surface area contributed by atoms with Crippen LogP contribution in [0.2, 0.25) is 0 Å². The number of amides is 2. The van der Waals surface area contributed by atoms with Crippen LogP contribution in [0, 0.1) is 5.92 Å². The molecule has 0 bridgehead atoms. The third-order valence-electron chi connectivity index (χ3n) is 6.31. The third-order valence-corrected chi connectivity index (χ3v) is 7.43. The molecule has 0 saturated carbocycles. The van der Waals surface area contributed by atoms with Gasteiger partial charge >= 0.3 is 12.0 Å². The van der Waals surface area contributed by atoms with E-state index in [1.807, 2.05) is 48.0 Å². The Bertz CT molecular complexity index is 1240. The summed E-state index contributed by atoms with van der Waals surface area (Å²) in [4.78, 5) is 23.6. The number of rotatable bonds is 10. The number of aryl methyl sites for hydroxylation is 1. The molecule has 4 atom stereocenters. The number of urea groups is 1. The lowest BCUT2D eigenvalue weighted by molar-refractivity contribution is -0.268. The van der Waals surface area contributed by atoms with Gasteiger partial charge in [-0.25, -0.2) is 4.79 Å². The Labute approximate surface area is 231 Å². The fraction of sp³-hybridized carbons (Fsp3) is 0.407. The largest absolute Gasteiger partial charge is 0.465 e. The predicted octanol–water partition coefficient (Wildman–Crippen LogP) is 3.58. The van der Waals surface area contributed by atoms with Gasteiger partial charge in [0.05, 0.1) is 25.4 Å². The average Bonchev–Trinajstić information content (AvgIpc) is 3.36. The van der Waals surface area contributed by atoms with Crippen LogP contribution in [0.1, 0.15) is 42.9 Å². The Hall–Kier alpha value is -3.45. The van der Waals surface area contributed by atoms with Crippen LogP contribution in [0.15, 0.2) is 60.0 Å². The van der Waals surface area contributed by atoms with Gasteiger partial charge in [0, 0.05) is 30.0 Å². The molecule has 0 spiro atoms. The van der Waals surface area contributed by atoms with Crippen LogP contribution < -0.4 is 10.6 Å². The summed E-state index contributed by atoms with van der Waals surface area (Å²) < 4.78 is 19.6. The van der Waals surface area contributed by atoms with E-state index in [2.05, 4.69) is 27.8 Å². The van der Waals surface area contributed by atoms with Crippen molar-refractivity contribution >= 4 is 29.4 Å². The number of carbonyl (C=O) groups excluding carboxylic acids is 2. The zero-order valence-electron chi connectivity index (χ0n) is 22.1. The van der Waals surface area contributed by atoms with Crippen LogP contribution in [0.5, 0.6) is 0 Å². The van der Waals surface area contributed by atoms with Crippen molar-refractivity contribution in [2.45, 2.75) is 44.1 Å². The summed E-state index contributed by atoms with van der Waals surface area (Å²) in [5.41, 5.74) is 3.18. The van der Waals surface area contributed by atoms with Gasteiger partial charge in [0.25, 0.3) is 0 Å². The number of nitrogens with one attached hydrogen (secondary N) is 2. The molecule has 11 nitrogen and oxygen atoms in total. The first-order valence-corrected chi connectivity index (χ1v) is 13.6. The van der Waals surface area contributed by atoms with E-state index in [0.29, 0.717) is 11.4 Å². The predicted molar refractivity (Wildman–Crippen MR) is 145 cm³/mol. The Morgan fingerprint density at radius 3 is 2.46 bits per heavy atom. The van der Waals surface area contributed by atoms with E-state index < -0.39 is 18.3 Å². The summed E-state index contributed by atoms with van der Waals surface area (Å²) in [5.74, 6) is 0.182. The molecular weight excluding hydrogens is 522 g/mol. The molecule has 1 aliphatic heterocycles. The third kappa shape index (κ3) is 7.57. The monoisotopic (exact) mass is 555 g/mol. The van der Waals surface area contributed by atoms with Crippen molar-refractivity contribution in [3.8, 4) is 0 Å². The van der Waals surface area contributed by atoms with E-state index in [4.69, 9.17) is 14.2 Å². The molecule has 1 aromatic heterocycles. The SMILES string of the molecule is CCOC(=O)CNC(=O)Nc1ccc(C2OC(CSc3nncn3C)C(C)C(c3ccc(CO)cc3)O2)cc1. The van der Waals surface area contributed by atoms with Crippen LogP contribution in [-0.2, 0) is 32.7 Å².